The molecule has 100 valence electrons. The van der Waals surface area contributed by atoms with Crippen molar-refractivity contribution in [2.45, 2.75) is 45.6 Å². The van der Waals surface area contributed by atoms with Gasteiger partial charge in [0.2, 0.25) is 5.91 Å². The molecule has 1 saturated heterocycles. The Bertz CT molecular complexity index is 231. The van der Waals surface area contributed by atoms with Gasteiger partial charge in [-0.05, 0) is 31.8 Å². The van der Waals surface area contributed by atoms with Crippen LogP contribution in [0.25, 0.3) is 0 Å². The van der Waals surface area contributed by atoms with Gasteiger partial charge in [0.1, 0.15) is 0 Å². The number of piperidine rings is 1. The molecule has 0 aromatic carbocycles. The Balaban J connectivity index is 2.29. The molecule has 1 aliphatic heterocycles. The smallest absolute Gasteiger partial charge is 0.218 e. The number of amides is 1. The molecule has 1 aliphatic rings. The van der Waals surface area contributed by atoms with Crippen molar-refractivity contribution in [1.82, 2.24) is 10.2 Å². The number of rotatable bonds is 7. The SMILES string of the molecule is CC(C)CNCC1CCCCN1CCC(N)=O. The minimum atomic E-state index is -0.190. The van der Waals surface area contributed by atoms with Crippen LogP contribution in [0.3, 0.4) is 0 Å². The summed E-state index contributed by atoms with van der Waals surface area (Å²) in [5.74, 6) is 0.502. The number of carbonyl (C=O) groups is 1. The Hall–Kier alpha value is -0.610. The van der Waals surface area contributed by atoms with Crippen molar-refractivity contribution in [2.24, 2.45) is 11.7 Å². The summed E-state index contributed by atoms with van der Waals surface area (Å²) in [7, 11) is 0. The van der Waals surface area contributed by atoms with E-state index in [4.69, 9.17) is 5.73 Å². The van der Waals surface area contributed by atoms with Crippen molar-refractivity contribution < 1.29 is 4.79 Å². The molecule has 17 heavy (non-hydrogen) atoms. The van der Waals surface area contributed by atoms with E-state index in [-0.39, 0.29) is 5.91 Å². The molecular weight excluding hydrogens is 214 g/mol. The third-order valence-electron chi connectivity index (χ3n) is 3.33. The molecule has 0 aromatic heterocycles. The average Bonchev–Trinajstić information content (AvgIpc) is 2.27. The van der Waals surface area contributed by atoms with Gasteiger partial charge in [0.05, 0.1) is 0 Å². The lowest BCUT2D eigenvalue weighted by Gasteiger charge is -2.35. The average molecular weight is 241 g/mol. The highest BCUT2D eigenvalue weighted by atomic mass is 16.1. The first-order valence-corrected chi connectivity index (χ1v) is 6.82. The quantitative estimate of drug-likeness (QED) is 0.698. The third-order valence-corrected chi connectivity index (χ3v) is 3.33. The van der Waals surface area contributed by atoms with E-state index in [1.54, 1.807) is 0 Å². The van der Waals surface area contributed by atoms with Gasteiger partial charge in [0.15, 0.2) is 0 Å². The van der Waals surface area contributed by atoms with Crippen LogP contribution >= 0.6 is 0 Å². The molecule has 0 spiro atoms. The molecule has 0 aromatic rings. The van der Waals surface area contributed by atoms with E-state index < -0.39 is 0 Å². The number of nitrogens with one attached hydrogen (secondary N) is 1. The van der Waals surface area contributed by atoms with E-state index in [0.29, 0.717) is 18.4 Å². The molecule has 1 unspecified atom stereocenters. The molecule has 4 heteroatoms. The van der Waals surface area contributed by atoms with Gasteiger partial charge in [-0.15, -0.1) is 0 Å². The van der Waals surface area contributed by atoms with Crippen molar-refractivity contribution in [3.05, 3.63) is 0 Å². The number of likely N-dealkylation sites (tertiary alicyclic amines) is 1. The Kier molecular flexibility index (Phi) is 6.52. The fourth-order valence-corrected chi connectivity index (χ4v) is 2.38. The summed E-state index contributed by atoms with van der Waals surface area (Å²) in [6, 6.07) is 0.585. The van der Waals surface area contributed by atoms with Crippen LogP contribution in [0.2, 0.25) is 0 Å². The fraction of sp³-hybridized carbons (Fsp3) is 0.923. The summed E-state index contributed by atoms with van der Waals surface area (Å²) >= 11 is 0. The van der Waals surface area contributed by atoms with Crippen LogP contribution in [0.4, 0.5) is 0 Å². The van der Waals surface area contributed by atoms with Crippen LogP contribution in [0.1, 0.15) is 39.5 Å². The van der Waals surface area contributed by atoms with Gasteiger partial charge in [-0.2, -0.15) is 0 Å². The van der Waals surface area contributed by atoms with E-state index >= 15 is 0 Å². The highest BCUT2D eigenvalue weighted by molar-refractivity contribution is 5.73. The predicted octanol–water partition coefficient (Wildman–Crippen LogP) is 0.962. The Morgan fingerprint density at radius 1 is 1.47 bits per heavy atom. The standard InChI is InChI=1S/C13H27N3O/c1-11(2)9-15-10-12-5-3-4-7-16(12)8-6-13(14)17/h11-12,15H,3-10H2,1-2H3,(H2,14,17). The van der Waals surface area contributed by atoms with Gasteiger partial charge in [0, 0.05) is 25.6 Å². The Labute approximate surface area is 105 Å². The van der Waals surface area contributed by atoms with Gasteiger partial charge in [-0.1, -0.05) is 20.3 Å². The zero-order valence-corrected chi connectivity index (χ0v) is 11.2. The first-order chi connectivity index (χ1) is 8.09. The van der Waals surface area contributed by atoms with Gasteiger partial charge in [-0.25, -0.2) is 0 Å². The van der Waals surface area contributed by atoms with Crippen molar-refractivity contribution in [2.75, 3.05) is 26.2 Å². The van der Waals surface area contributed by atoms with Gasteiger partial charge >= 0.3 is 0 Å². The molecule has 1 rings (SSSR count). The highest BCUT2D eigenvalue weighted by Crippen LogP contribution is 2.16. The van der Waals surface area contributed by atoms with Crippen LogP contribution in [0.5, 0.6) is 0 Å². The first-order valence-electron chi connectivity index (χ1n) is 6.82. The maximum Gasteiger partial charge on any atom is 0.218 e. The number of hydrogen-bond acceptors (Lipinski definition) is 3. The summed E-state index contributed by atoms with van der Waals surface area (Å²) < 4.78 is 0. The lowest BCUT2D eigenvalue weighted by atomic mass is 10.0. The maximum atomic E-state index is 10.8. The molecule has 1 amide bonds. The van der Waals surface area contributed by atoms with Gasteiger partial charge in [0.25, 0.3) is 0 Å². The molecular formula is C13H27N3O. The van der Waals surface area contributed by atoms with Crippen LogP contribution in [0.15, 0.2) is 0 Å². The zero-order valence-electron chi connectivity index (χ0n) is 11.2. The first kappa shape index (κ1) is 14.5. The molecule has 0 saturated carbocycles. The second-order valence-corrected chi connectivity index (χ2v) is 5.45. The second kappa shape index (κ2) is 7.67. The van der Waals surface area contributed by atoms with Gasteiger partial charge in [-0.3, -0.25) is 9.69 Å². The molecule has 0 radical (unpaired) electrons. The summed E-state index contributed by atoms with van der Waals surface area (Å²) in [4.78, 5) is 13.3. The number of carbonyl (C=O) groups excluding carboxylic acids is 1. The van der Waals surface area contributed by atoms with E-state index in [0.717, 1.165) is 26.2 Å². The number of nitrogens with two attached hydrogens (primary N) is 1. The maximum absolute atomic E-state index is 10.8. The van der Waals surface area contributed by atoms with Crippen molar-refractivity contribution in [3.63, 3.8) is 0 Å². The lowest BCUT2D eigenvalue weighted by molar-refractivity contribution is -0.118. The molecule has 4 nitrogen and oxygen atoms in total. The molecule has 0 aliphatic carbocycles. The zero-order chi connectivity index (χ0) is 12.7. The minimum absolute atomic E-state index is 0.190. The molecule has 0 bridgehead atoms. The van der Waals surface area contributed by atoms with Gasteiger partial charge < -0.3 is 11.1 Å². The normalized spacial score (nSPS) is 21.9. The van der Waals surface area contributed by atoms with Crippen LogP contribution in [-0.4, -0.2) is 43.0 Å². The largest absolute Gasteiger partial charge is 0.370 e. The van der Waals surface area contributed by atoms with Crippen LogP contribution in [0, 0.1) is 5.92 Å². The van der Waals surface area contributed by atoms with E-state index in [1.807, 2.05) is 0 Å². The Morgan fingerprint density at radius 3 is 2.88 bits per heavy atom. The van der Waals surface area contributed by atoms with Crippen LogP contribution in [-0.2, 0) is 4.79 Å². The Morgan fingerprint density at radius 2 is 2.24 bits per heavy atom. The number of hydrogen-bond donors (Lipinski definition) is 2. The topological polar surface area (TPSA) is 58.4 Å². The van der Waals surface area contributed by atoms with Crippen LogP contribution < -0.4 is 11.1 Å². The molecule has 1 fully saturated rings. The summed E-state index contributed by atoms with van der Waals surface area (Å²) in [6.07, 6.45) is 4.28. The monoisotopic (exact) mass is 241 g/mol. The summed E-state index contributed by atoms with van der Waals surface area (Å²) in [5.41, 5.74) is 5.21. The molecule has 1 heterocycles. The predicted molar refractivity (Wildman–Crippen MR) is 70.7 cm³/mol. The summed E-state index contributed by atoms with van der Waals surface area (Å²) in [5, 5.41) is 3.51. The number of primary amides is 1. The molecule has 1 atom stereocenters. The van der Waals surface area contributed by atoms with Crippen molar-refractivity contribution in [3.8, 4) is 0 Å². The van der Waals surface area contributed by atoms with E-state index in [2.05, 4.69) is 24.1 Å². The third kappa shape index (κ3) is 6.03. The minimum Gasteiger partial charge on any atom is -0.370 e. The lowest BCUT2D eigenvalue weighted by Crippen LogP contribution is -2.46. The van der Waals surface area contributed by atoms with E-state index in [1.165, 1.54) is 19.3 Å². The second-order valence-electron chi connectivity index (χ2n) is 5.45. The molecule has 3 N–H and O–H groups in total. The van der Waals surface area contributed by atoms with E-state index in [9.17, 15) is 4.79 Å². The van der Waals surface area contributed by atoms with Crippen molar-refractivity contribution in [1.29, 1.82) is 0 Å². The van der Waals surface area contributed by atoms with Crippen molar-refractivity contribution >= 4 is 5.91 Å². The number of nitrogens with zero attached hydrogens (tertiary/aromatic N) is 1. The highest BCUT2D eigenvalue weighted by Gasteiger charge is 2.21. The fourth-order valence-electron chi connectivity index (χ4n) is 2.38. The summed E-state index contributed by atoms with van der Waals surface area (Å²) in [6.45, 7) is 8.49.